The van der Waals surface area contributed by atoms with Crippen LogP contribution in [0.3, 0.4) is 0 Å². The monoisotopic (exact) mass is 295 g/mol. The molecule has 19 heavy (non-hydrogen) atoms. The van der Waals surface area contributed by atoms with E-state index in [1.165, 1.54) is 0 Å². The fourth-order valence-corrected chi connectivity index (χ4v) is 1.22. The van der Waals surface area contributed by atoms with Crippen LogP contribution in [0.1, 0.15) is 52.4 Å². The smallest absolute Gasteiger partial charge is 0.322 e. The van der Waals surface area contributed by atoms with E-state index in [9.17, 15) is 9.59 Å². The second-order valence-corrected chi connectivity index (χ2v) is 4.24. The summed E-state index contributed by atoms with van der Waals surface area (Å²) in [6.45, 7) is 4.87. The van der Waals surface area contributed by atoms with Crippen molar-refractivity contribution in [3.63, 3.8) is 0 Å². The van der Waals surface area contributed by atoms with Gasteiger partial charge in [0.2, 0.25) is 0 Å². The van der Waals surface area contributed by atoms with E-state index >= 15 is 0 Å². The summed E-state index contributed by atoms with van der Waals surface area (Å²) in [4.78, 5) is 22.7. The lowest BCUT2D eigenvalue weighted by Gasteiger charge is -2.11. The molecule has 0 amide bonds. The number of unbranched alkanes of at least 4 members (excludes halogenated alkanes) is 2. The third-order valence-corrected chi connectivity index (χ3v) is 2.47. The summed E-state index contributed by atoms with van der Waals surface area (Å²) in [6.07, 6.45) is 4.07. The second-order valence-electron chi connectivity index (χ2n) is 4.24. The summed E-state index contributed by atoms with van der Waals surface area (Å²) in [7, 11) is 0. The van der Waals surface area contributed by atoms with Gasteiger partial charge in [-0.15, -0.1) is 12.4 Å². The summed E-state index contributed by atoms with van der Waals surface area (Å²) in [5, 5.41) is 0. The van der Waals surface area contributed by atoms with Gasteiger partial charge in [-0.2, -0.15) is 0 Å². The maximum absolute atomic E-state index is 11.4. The Bertz CT molecular complexity index is 249. The van der Waals surface area contributed by atoms with Gasteiger partial charge in [-0.3, -0.25) is 9.59 Å². The average Bonchev–Trinajstić information content (AvgIpc) is 2.36. The topological polar surface area (TPSA) is 78.6 Å². The van der Waals surface area contributed by atoms with E-state index in [1.807, 2.05) is 13.8 Å². The van der Waals surface area contributed by atoms with E-state index in [4.69, 9.17) is 15.2 Å². The van der Waals surface area contributed by atoms with Crippen LogP contribution < -0.4 is 5.73 Å². The van der Waals surface area contributed by atoms with Crippen molar-refractivity contribution >= 4 is 24.3 Å². The summed E-state index contributed by atoms with van der Waals surface area (Å²) in [6, 6.07) is -0.736. The highest BCUT2D eigenvalue weighted by atomic mass is 35.5. The van der Waals surface area contributed by atoms with Crippen molar-refractivity contribution in [1.82, 2.24) is 0 Å². The molecule has 0 aromatic heterocycles. The zero-order valence-corrected chi connectivity index (χ0v) is 12.7. The number of hydrogen-bond acceptors (Lipinski definition) is 5. The maximum atomic E-state index is 11.4. The van der Waals surface area contributed by atoms with Crippen LogP contribution in [0.2, 0.25) is 0 Å². The molecule has 0 rings (SSSR count). The highest BCUT2D eigenvalue weighted by Gasteiger charge is 2.16. The predicted octanol–water partition coefficient (Wildman–Crippen LogP) is 2.20. The maximum Gasteiger partial charge on any atom is 0.322 e. The van der Waals surface area contributed by atoms with Gasteiger partial charge in [0.1, 0.15) is 6.04 Å². The van der Waals surface area contributed by atoms with E-state index < -0.39 is 12.0 Å². The molecule has 2 N–H and O–H groups in total. The van der Waals surface area contributed by atoms with E-state index in [0.717, 1.165) is 25.7 Å². The molecule has 0 spiro atoms. The molecule has 0 aromatic carbocycles. The van der Waals surface area contributed by atoms with Crippen LogP contribution in [0, 0.1) is 0 Å². The average molecular weight is 296 g/mol. The fraction of sp³-hybridized carbons (Fsp3) is 0.846. The van der Waals surface area contributed by atoms with Gasteiger partial charge in [0.15, 0.2) is 0 Å². The van der Waals surface area contributed by atoms with Crippen LogP contribution in [0.25, 0.3) is 0 Å². The van der Waals surface area contributed by atoms with Crippen molar-refractivity contribution < 1.29 is 19.1 Å². The molecular weight excluding hydrogens is 270 g/mol. The Balaban J connectivity index is 0. The molecule has 0 radical (unpaired) electrons. The van der Waals surface area contributed by atoms with Crippen molar-refractivity contribution in [2.75, 3.05) is 13.2 Å². The first-order valence-corrected chi connectivity index (χ1v) is 6.69. The summed E-state index contributed by atoms with van der Waals surface area (Å²) in [5.74, 6) is -0.745. The molecule has 0 aliphatic rings. The summed E-state index contributed by atoms with van der Waals surface area (Å²) < 4.78 is 9.92. The molecule has 5 nitrogen and oxygen atoms in total. The quantitative estimate of drug-likeness (QED) is 0.494. The van der Waals surface area contributed by atoms with Crippen molar-refractivity contribution in [3.8, 4) is 0 Å². The normalized spacial score (nSPS) is 11.3. The van der Waals surface area contributed by atoms with Crippen molar-refractivity contribution in [1.29, 1.82) is 0 Å². The molecule has 1 atom stereocenters. The molecule has 1 unspecified atom stereocenters. The van der Waals surface area contributed by atoms with Gasteiger partial charge in [-0.1, -0.05) is 26.7 Å². The van der Waals surface area contributed by atoms with Crippen LogP contribution >= 0.6 is 12.4 Å². The molecule has 0 saturated carbocycles. The zero-order chi connectivity index (χ0) is 13.8. The Hall–Kier alpha value is -0.810. The Labute approximate surface area is 121 Å². The Morgan fingerprint density at radius 2 is 1.58 bits per heavy atom. The van der Waals surface area contributed by atoms with Gasteiger partial charge in [-0.25, -0.2) is 0 Å². The van der Waals surface area contributed by atoms with E-state index in [0.29, 0.717) is 13.2 Å². The highest BCUT2D eigenvalue weighted by molar-refractivity contribution is 5.85. The Morgan fingerprint density at radius 1 is 1.05 bits per heavy atom. The second kappa shape index (κ2) is 13.6. The van der Waals surface area contributed by atoms with Gasteiger partial charge in [0.05, 0.1) is 13.2 Å². The molecule has 0 aliphatic heterocycles. The Kier molecular flexibility index (Phi) is 14.7. The third kappa shape index (κ3) is 12.0. The number of nitrogens with two attached hydrogens (primary N) is 1. The molecule has 0 saturated heterocycles. The molecular formula is C13H26ClNO4. The van der Waals surface area contributed by atoms with Gasteiger partial charge in [0, 0.05) is 6.42 Å². The molecule has 0 bridgehead atoms. The van der Waals surface area contributed by atoms with Crippen LogP contribution in [0.15, 0.2) is 0 Å². The van der Waals surface area contributed by atoms with Crippen molar-refractivity contribution in [2.45, 2.75) is 58.4 Å². The first kappa shape index (κ1) is 20.5. The summed E-state index contributed by atoms with van der Waals surface area (Å²) in [5.41, 5.74) is 5.62. The number of ether oxygens (including phenoxy) is 2. The van der Waals surface area contributed by atoms with E-state index in [1.54, 1.807) is 0 Å². The lowest BCUT2D eigenvalue weighted by Crippen LogP contribution is -2.33. The molecule has 6 heteroatoms. The van der Waals surface area contributed by atoms with Gasteiger partial charge in [0.25, 0.3) is 0 Å². The first-order chi connectivity index (χ1) is 8.61. The molecule has 0 aromatic rings. The molecule has 0 heterocycles. The highest BCUT2D eigenvalue weighted by Crippen LogP contribution is 2.01. The van der Waals surface area contributed by atoms with Crippen LogP contribution in [0.4, 0.5) is 0 Å². The van der Waals surface area contributed by atoms with Crippen LogP contribution in [-0.2, 0) is 19.1 Å². The third-order valence-electron chi connectivity index (χ3n) is 2.47. The Morgan fingerprint density at radius 3 is 2.11 bits per heavy atom. The number of carbonyl (C=O) groups excluding carboxylic acids is 2. The largest absolute Gasteiger partial charge is 0.466 e. The number of hydrogen-bond donors (Lipinski definition) is 1. The number of esters is 2. The lowest BCUT2D eigenvalue weighted by molar-refractivity contribution is -0.146. The van der Waals surface area contributed by atoms with Gasteiger partial charge in [-0.05, 0) is 19.3 Å². The van der Waals surface area contributed by atoms with Gasteiger partial charge >= 0.3 is 11.9 Å². The number of carbonyl (C=O) groups is 2. The lowest BCUT2D eigenvalue weighted by atomic mass is 10.2. The number of halogens is 1. The predicted molar refractivity (Wildman–Crippen MR) is 76.2 cm³/mol. The summed E-state index contributed by atoms with van der Waals surface area (Å²) >= 11 is 0. The zero-order valence-electron chi connectivity index (χ0n) is 11.9. The molecule has 114 valence electrons. The van der Waals surface area contributed by atoms with Gasteiger partial charge < -0.3 is 15.2 Å². The van der Waals surface area contributed by atoms with Crippen molar-refractivity contribution in [2.24, 2.45) is 5.73 Å². The standard InChI is InChI=1S/C13H25NO4.ClH/c1-3-5-9-17-12(15)8-7-11(14)13(16)18-10-6-4-2;/h11H,3-10,14H2,1-2H3;1H. The molecule has 0 fully saturated rings. The minimum absolute atomic E-state index is 0. The van der Waals surface area contributed by atoms with Crippen molar-refractivity contribution in [3.05, 3.63) is 0 Å². The number of rotatable bonds is 10. The van der Waals surface area contributed by atoms with Crippen LogP contribution in [-0.4, -0.2) is 31.2 Å². The van der Waals surface area contributed by atoms with E-state index in [-0.39, 0.29) is 31.2 Å². The minimum atomic E-state index is -0.736. The SMILES string of the molecule is CCCCOC(=O)CCC(N)C(=O)OCCCC.Cl. The fourth-order valence-electron chi connectivity index (χ4n) is 1.22. The molecule has 0 aliphatic carbocycles. The van der Waals surface area contributed by atoms with E-state index in [2.05, 4.69) is 0 Å². The van der Waals surface area contributed by atoms with Crippen LogP contribution in [0.5, 0.6) is 0 Å². The minimum Gasteiger partial charge on any atom is -0.466 e. The first-order valence-electron chi connectivity index (χ1n) is 6.69.